The van der Waals surface area contributed by atoms with Crippen molar-refractivity contribution < 1.29 is 14.2 Å². The van der Waals surface area contributed by atoms with E-state index >= 15 is 0 Å². The molecule has 2 aromatic heterocycles. The van der Waals surface area contributed by atoms with Crippen LogP contribution in [0.15, 0.2) is 35.4 Å². The Kier molecular flexibility index (Phi) is 7.33. The lowest BCUT2D eigenvalue weighted by molar-refractivity contribution is -0.00779. The number of pyridine rings is 2. The van der Waals surface area contributed by atoms with Crippen LogP contribution in [-0.4, -0.2) is 69.1 Å². The van der Waals surface area contributed by atoms with Crippen LogP contribution in [0.25, 0.3) is 21.9 Å². The molecule has 1 aliphatic rings. The molecule has 1 fully saturated rings. The van der Waals surface area contributed by atoms with Gasteiger partial charge >= 0.3 is 0 Å². The molecule has 3 aromatic rings. The van der Waals surface area contributed by atoms with Gasteiger partial charge in [-0.15, -0.1) is 0 Å². The van der Waals surface area contributed by atoms with Gasteiger partial charge in [0.15, 0.2) is 0 Å². The predicted molar refractivity (Wildman–Crippen MR) is 140 cm³/mol. The molecule has 0 aliphatic carbocycles. The van der Waals surface area contributed by atoms with Crippen molar-refractivity contribution in [2.24, 2.45) is 13.0 Å². The second-order valence-electron chi connectivity index (χ2n) is 9.58. The molecule has 8 nitrogen and oxygen atoms in total. The molecule has 188 valence electrons. The molecule has 1 saturated heterocycles. The molecular formula is C27H36N4O4. The molecule has 35 heavy (non-hydrogen) atoms. The van der Waals surface area contributed by atoms with Crippen molar-refractivity contribution in [3.63, 3.8) is 0 Å². The Morgan fingerprint density at radius 3 is 2.37 bits per heavy atom. The molecule has 3 heterocycles. The number of nitrogens with zero attached hydrogens (tertiary/aromatic N) is 4. The van der Waals surface area contributed by atoms with Crippen LogP contribution in [-0.2, 0) is 18.3 Å². The standard InChI is InChI=1S/C27H36N4O4/c1-17-8-9-31(16-25(17)35-7)15-22-23(33-5)10-18(11-24(22)34-6)21-14-30(4)27(32)20-13-28-26(29(2)3)12-19(20)21/h10-14,17,25H,8-9,15-16H2,1-7H3. The minimum atomic E-state index is -0.0795. The van der Waals surface area contributed by atoms with Gasteiger partial charge in [0.2, 0.25) is 0 Å². The van der Waals surface area contributed by atoms with Crippen molar-refractivity contribution in [3.05, 3.63) is 46.5 Å². The summed E-state index contributed by atoms with van der Waals surface area (Å²) in [5, 5.41) is 1.42. The lowest BCUT2D eigenvalue weighted by Crippen LogP contribution is -2.43. The first-order chi connectivity index (χ1) is 16.8. The number of likely N-dealkylation sites (tertiary alicyclic amines) is 1. The monoisotopic (exact) mass is 480 g/mol. The van der Waals surface area contributed by atoms with E-state index in [0.29, 0.717) is 17.8 Å². The molecule has 0 radical (unpaired) electrons. The zero-order valence-corrected chi connectivity index (χ0v) is 21.8. The van der Waals surface area contributed by atoms with Gasteiger partial charge in [-0.1, -0.05) is 6.92 Å². The Hall–Kier alpha value is -3.10. The minimum Gasteiger partial charge on any atom is -0.496 e. The third kappa shape index (κ3) is 4.86. The number of fused-ring (bicyclic) bond motifs is 1. The smallest absolute Gasteiger partial charge is 0.259 e. The first kappa shape index (κ1) is 25.0. The van der Waals surface area contributed by atoms with Gasteiger partial charge in [-0.2, -0.15) is 0 Å². The zero-order chi connectivity index (χ0) is 25.3. The quantitative estimate of drug-likeness (QED) is 0.512. The van der Waals surface area contributed by atoms with Gasteiger partial charge in [0.25, 0.3) is 5.56 Å². The first-order valence-corrected chi connectivity index (χ1v) is 11.9. The highest BCUT2D eigenvalue weighted by Gasteiger charge is 2.28. The summed E-state index contributed by atoms with van der Waals surface area (Å²) in [6.45, 7) is 4.83. The summed E-state index contributed by atoms with van der Waals surface area (Å²) in [5.74, 6) is 2.85. The van der Waals surface area contributed by atoms with Crippen molar-refractivity contribution >= 4 is 16.6 Å². The molecule has 4 rings (SSSR count). The summed E-state index contributed by atoms with van der Waals surface area (Å²) in [7, 11) is 10.8. The van der Waals surface area contributed by atoms with E-state index in [1.807, 2.05) is 43.4 Å². The summed E-state index contributed by atoms with van der Waals surface area (Å²) in [6, 6.07) is 6.03. The zero-order valence-electron chi connectivity index (χ0n) is 21.8. The Balaban J connectivity index is 1.82. The molecule has 2 unspecified atom stereocenters. The van der Waals surface area contributed by atoms with E-state index < -0.39 is 0 Å². The second kappa shape index (κ2) is 10.3. The lowest BCUT2D eigenvalue weighted by atomic mass is 9.94. The van der Waals surface area contributed by atoms with E-state index in [1.165, 1.54) is 0 Å². The molecular weight excluding hydrogens is 444 g/mol. The van der Waals surface area contributed by atoms with Crippen LogP contribution < -0.4 is 19.9 Å². The average molecular weight is 481 g/mol. The summed E-state index contributed by atoms with van der Waals surface area (Å²) in [4.78, 5) is 21.6. The fourth-order valence-corrected chi connectivity index (χ4v) is 4.89. The number of piperidine rings is 1. The van der Waals surface area contributed by atoms with Crippen LogP contribution in [0.3, 0.4) is 0 Å². The summed E-state index contributed by atoms with van der Waals surface area (Å²) >= 11 is 0. The summed E-state index contributed by atoms with van der Waals surface area (Å²) in [5.41, 5.74) is 2.76. The Labute approximate surface area is 207 Å². The second-order valence-corrected chi connectivity index (χ2v) is 9.58. The molecule has 0 saturated carbocycles. The number of hydrogen-bond donors (Lipinski definition) is 0. The van der Waals surface area contributed by atoms with Gasteiger partial charge in [0, 0.05) is 64.7 Å². The lowest BCUT2D eigenvalue weighted by Gasteiger charge is -2.36. The van der Waals surface area contributed by atoms with Gasteiger partial charge in [-0.3, -0.25) is 9.69 Å². The van der Waals surface area contributed by atoms with Crippen LogP contribution >= 0.6 is 0 Å². The fourth-order valence-electron chi connectivity index (χ4n) is 4.89. The number of aryl methyl sites for hydroxylation is 1. The van der Waals surface area contributed by atoms with Crippen LogP contribution in [0.1, 0.15) is 18.9 Å². The highest BCUT2D eigenvalue weighted by Crippen LogP contribution is 2.38. The Morgan fingerprint density at radius 1 is 1.09 bits per heavy atom. The van der Waals surface area contributed by atoms with E-state index in [9.17, 15) is 4.79 Å². The molecule has 0 spiro atoms. The largest absolute Gasteiger partial charge is 0.496 e. The van der Waals surface area contributed by atoms with Crippen molar-refractivity contribution in [1.82, 2.24) is 14.5 Å². The third-order valence-electron chi connectivity index (χ3n) is 7.09. The number of anilines is 1. The highest BCUT2D eigenvalue weighted by atomic mass is 16.5. The van der Waals surface area contributed by atoms with Gasteiger partial charge in [-0.05, 0) is 42.6 Å². The predicted octanol–water partition coefficient (Wildman–Crippen LogP) is 3.54. The molecule has 8 heteroatoms. The van der Waals surface area contributed by atoms with E-state index in [-0.39, 0.29) is 11.7 Å². The summed E-state index contributed by atoms with van der Waals surface area (Å²) < 4.78 is 19.0. The maximum atomic E-state index is 12.8. The average Bonchev–Trinajstić information content (AvgIpc) is 2.86. The summed E-state index contributed by atoms with van der Waals surface area (Å²) in [6.07, 6.45) is 4.83. The third-order valence-corrected chi connectivity index (χ3v) is 7.09. The Morgan fingerprint density at radius 2 is 1.77 bits per heavy atom. The molecule has 0 amide bonds. The highest BCUT2D eigenvalue weighted by molar-refractivity contribution is 5.97. The maximum Gasteiger partial charge on any atom is 0.259 e. The van der Waals surface area contributed by atoms with Crippen molar-refractivity contribution in [2.75, 3.05) is 53.4 Å². The van der Waals surface area contributed by atoms with Crippen molar-refractivity contribution in [1.29, 1.82) is 0 Å². The van der Waals surface area contributed by atoms with Crippen LogP contribution in [0.2, 0.25) is 0 Å². The molecule has 0 bridgehead atoms. The number of aromatic nitrogens is 2. The number of benzene rings is 1. The Bertz CT molecular complexity index is 1250. The normalized spacial score (nSPS) is 18.6. The molecule has 0 N–H and O–H groups in total. The van der Waals surface area contributed by atoms with E-state index in [1.54, 1.807) is 39.1 Å². The molecule has 1 aromatic carbocycles. The number of methoxy groups -OCH3 is 3. The van der Waals surface area contributed by atoms with E-state index in [2.05, 4.69) is 16.8 Å². The van der Waals surface area contributed by atoms with Gasteiger partial charge < -0.3 is 23.7 Å². The van der Waals surface area contributed by atoms with Gasteiger partial charge in [0.1, 0.15) is 17.3 Å². The van der Waals surface area contributed by atoms with Crippen LogP contribution in [0.4, 0.5) is 5.82 Å². The molecule has 1 aliphatic heterocycles. The first-order valence-electron chi connectivity index (χ1n) is 11.9. The van der Waals surface area contributed by atoms with E-state index in [0.717, 1.165) is 58.9 Å². The van der Waals surface area contributed by atoms with E-state index in [4.69, 9.17) is 14.2 Å². The minimum absolute atomic E-state index is 0.0795. The SMILES string of the molecule is COc1cc(-c2cn(C)c(=O)c3cnc(N(C)C)cc23)cc(OC)c1CN1CCC(C)C(OC)C1. The number of rotatable bonds is 7. The van der Waals surface area contributed by atoms with Crippen molar-refractivity contribution in [2.45, 2.75) is 26.0 Å². The van der Waals surface area contributed by atoms with Crippen LogP contribution in [0, 0.1) is 5.92 Å². The topological polar surface area (TPSA) is 69.1 Å². The maximum absolute atomic E-state index is 12.8. The van der Waals surface area contributed by atoms with Gasteiger partial charge in [-0.25, -0.2) is 4.98 Å². The fraction of sp³-hybridized carbons (Fsp3) is 0.481. The number of ether oxygens (including phenoxy) is 3. The van der Waals surface area contributed by atoms with Crippen LogP contribution in [0.5, 0.6) is 11.5 Å². The number of hydrogen-bond acceptors (Lipinski definition) is 7. The molecule has 2 atom stereocenters. The van der Waals surface area contributed by atoms with Crippen molar-refractivity contribution in [3.8, 4) is 22.6 Å². The van der Waals surface area contributed by atoms with Gasteiger partial charge in [0.05, 0.1) is 31.3 Å².